The van der Waals surface area contributed by atoms with E-state index in [4.69, 9.17) is 12.2 Å². The zero-order valence-corrected chi connectivity index (χ0v) is 12.0. The minimum Gasteiger partial charge on any atom is -0.270 e. The molecule has 0 aliphatic rings. The number of rotatable bonds is 3. The minimum atomic E-state index is -0.489. The molecule has 21 heavy (non-hydrogen) atoms. The average molecular weight is 321 g/mol. The van der Waals surface area contributed by atoms with E-state index in [0.29, 0.717) is 14.5 Å². The molecule has 0 spiro atoms. The molecule has 8 nitrogen and oxygen atoms in total. The molecule has 0 aliphatic heterocycles. The molecule has 3 rings (SSSR count). The number of H-pyrrole nitrogens is 1. The lowest BCUT2D eigenvalue weighted by Crippen LogP contribution is -2.22. The van der Waals surface area contributed by atoms with E-state index in [1.807, 2.05) is 0 Å². The van der Waals surface area contributed by atoms with Gasteiger partial charge in [0.05, 0.1) is 4.92 Å². The molecule has 0 atom stereocenters. The molecule has 10 heteroatoms. The molecular formula is C11H7N5O3S2. The van der Waals surface area contributed by atoms with Gasteiger partial charge >= 0.3 is 0 Å². The van der Waals surface area contributed by atoms with Crippen LogP contribution in [0, 0.1) is 14.1 Å². The third kappa shape index (κ3) is 2.45. The van der Waals surface area contributed by atoms with E-state index in [-0.39, 0.29) is 17.8 Å². The fourth-order valence-corrected chi connectivity index (χ4v) is 2.82. The Labute approximate surface area is 125 Å². The lowest BCUT2D eigenvalue weighted by molar-refractivity contribution is -0.385. The van der Waals surface area contributed by atoms with E-state index in [1.54, 1.807) is 18.2 Å². The third-order valence-electron chi connectivity index (χ3n) is 2.83. The first-order valence-corrected chi connectivity index (χ1v) is 6.98. The van der Waals surface area contributed by atoms with Gasteiger partial charge in [0.25, 0.3) is 11.2 Å². The van der Waals surface area contributed by atoms with Crippen LogP contribution in [0.2, 0.25) is 0 Å². The SMILES string of the molecule is O=c1c(Cc2ccccc2[N+](=O)[O-])nnc2sc(=S)[nH]n12. The van der Waals surface area contributed by atoms with Gasteiger partial charge in [-0.3, -0.25) is 20.0 Å². The van der Waals surface area contributed by atoms with Crippen LogP contribution in [-0.2, 0) is 6.42 Å². The lowest BCUT2D eigenvalue weighted by atomic mass is 10.1. The topological polar surface area (TPSA) is 106 Å². The van der Waals surface area contributed by atoms with E-state index in [0.717, 1.165) is 11.3 Å². The highest BCUT2D eigenvalue weighted by Gasteiger charge is 2.16. The van der Waals surface area contributed by atoms with Crippen LogP contribution in [-0.4, -0.2) is 24.7 Å². The van der Waals surface area contributed by atoms with Crippen LogP contribution < -0.4 is 5.56 Å². The Morgan fingerprint density at radius 2 is 2.14 bits per heavy atom. The number of aromatic nitrogens is 4. The van der Waals surface area contributed by atoms with Crippen molar-refractivity contribution >= 4 is 34.2 Å². The Hall–Kier alpha value is -2.46. The van der Waals surface area contributed by atoms with Crippen molar-refractivity contribution in [3.8, 4) is 0 Å². The number of benzene rings is 1. The highest BCUT2D eigenvalue weighted by Crippen LogP contribution is 2.19. The number of para-hydroxylation sites is 1. The van der Waals surface area contributed by atoms with Crippen molar-refractivity contribution < 1.29 is 4.92 Å². The summed E-state index contributed by atoms with van der Waals surface area (Å²) in [4.78, 5) is 23.1. The molecule has 0 bridgehead atoms. The van der Waals surface area contributed by atoms with E-state index in [1.165, 1.54) is 10.6 Å². The van der Waals surface area contributed by atoms with Crippen LogP contribution in [0.25, 0.3) is 4.96 Å². The summed E-state index contributed by atoms with van der Waals surface area (Å²) in [5, 5.41) is 21.4. The third-order valence-corrected chi connectivity index (χ3v) is 3.90. The summed E-state index contributed by atoms with van der Waals surface area (Å²) in [6.07, 6.45) is 0.0301. The van der Waals surface area contributed by atoms with Crippen LogP contribution in [0.1, 0.15) is 11.3 Å². The summed E-state index contributed by atoms with van der Waals surface area (Å²) in [5.74, 6) is 0. The van der Waals surface area contributed by atoms with E-state index < -0.39 is 10.5 Å². The maximum Gasteiger partial charge on any atom is 0.295 e. The van der Waals surface area contributed by atoms with Gasteiger partial charge in [0, 0.05) is 18.1 Å². The van der Waals surface area contributed by atoms with Crippen molar-refractivity contribution in [1.82, 2.24) is 19.8 Å². The van der Waals surface area contributed by atoms with Gasteiger partial charge in [-0.25, -0.2) is 0 Å². The largest absolute Gasteiger partial charge is 0.295 e. The van der Waals surface area contributed by atoms with Crippen LogP contribution in [0.5, 0.6) is 0 Å². The highest BCUT2D eigenvalue weighted by molar-refractivity contribution is 7.73. The number of nitrogens with one attached hydrogen (secondary N) is 1. The first-order valence-electron chi connectivity index (χ1n) is 5.76. The van der Waals surface area contributed by atoms with Crippen LogP contribution in [0.4, 0.5) is 5.69 Å². The number of nitrogens with zero attached hydrogens (tertiary/aromatic N) is 4. The van der Waals surface area contributed by atoms with Gasteiger partial charge in [0.1, 0.15) is 5.69 Å². The molecule has 0 unspecified atom stereocenters. The zero-order chi connectivity index (χ0) is 15.0. The standard InChI is InChI=1S/C11H7N5O3S2/c17-9-7(12-13-10-15(9)14-11(20)21-10)5-6-3-1-2-4-8(6)16(18)19/h1-4H,5H2,(H,14,20). The number of nitro groups is 1. The van der Waals surface area contributed by atoms with Crippen LogP contribution >= 0.6 is 23.6 Å². The molecule has 3 aromatic rings. The normalized spacial score (nSPS) is 10.9. The predicted molar refractivity (Wildman–Crippen MR) is 78.2 cm³/mol. The number of hydrogen-bond acceptors (Lipinski definition) is 7. The van der Waals surface area contributed by atoms with E-state index in [2.05, 4.69) is 15.3 Å². The van der Waals surface area contributed by atoms with Gasteiger partial charge in [-0.2, -0.15) is 4.52 Å². The van der Waals surface area contributed by atoms with Gasteiger partial charge in [-0.1, -0.05) is 29.5 Å². The molecule has 1 N–H and O–H groups in total. The molecule has 1 aromatic carbocycles. The van der Waals surface area contributed by atoms with Crippen LogP contribution in [0.3, 0.4) is 0 Å². The first-order chi connectivity index (χ1) is 10.1. The van der Waals surface area contributed by atoms with Gasteiger partial charge in [-0.05, 0) is 12.2 Å². The highest BCUT2D eigenvalue weighted by atomic mass is 32.1. The smallest absolute Gasteiger partial charge is 0.270 e. The van der Waals surface area contributed by atoms with Crippen molar-refractivity contribution in [2.45, 2.75) is 6.42 Å². The van der Waals surface area contributed by atoms with Gasteiger partial charge < -0.3 is 0 Å². The van der Waals surface area contributed by atoms with Gasteiger partial charge in [0.2, 0.25) is 4.96 Å². The molecule has 2 aromatic heterocycles. The minimum absolute atomic E-state index is 0.0301. The molecule has 0 saturated carbocycles. The summed E-state index contributed by atoms with van der Waals surface area (Å²) in [7, 11) is 0. The molecule has 106 valence electrons. The quantitative estimate of drug-likeness (QED) is 0.447. The Morgan fingerprint density at radius 1 is 1.38 bits per heavy atom. The van der Waals surface area contributed by atoms with E-state index >= 15 is 0 Å². The second-order valence-corrected chi connectivity index (χ2v) is 5.78. The fourth-order valence-electron chi connectivity index (χ4n) is 1.90. The Balaban J connectivity index is 2.11. The molecule has 0 amide bonds. The van der Waals surface area contributed by atoms with Crippen molar-refractivity contribution in [3.63, 3.8) is 0 Å². The second kappa shape index (κ2) is 5.14. The lowest BCUT2D eigenvalue weighted by Gasteiger charge is -2.01. The number of hydrogen-bond donors (Lipinski definition) is 1. The van der Waals surface area contributed by atoms with Gasteiger partial charge in [0.15, 0.2) is 3.95 Å². The zero-order valence-electron chi connectivity index (χ0n) is 10.3. The summed E-state index contributed by atoms with van der Waals surface area (Å²) in [6.45, 7) is 0. The number of fused-ring (bicyclic) bond motifs is 1. The molecular weight excluding hydrogens is 314 g/mol. The molecule has 0 aliphatic carbocycles. The van der Waals surface area contributed by atoms with Crippen molar-refractivity contribution in [2.24, 2.45) is 0 Å². The summed E-state index contributed by atoms with van der Waals surface area (Å²) < 4.78 is 1.61. The molecule has 0 radical (unpaired) electrons. The van der Waals surface area contributed by atoms with Crippen molar-refractivity contribution in [1.29, 1.82) is 0 Å². The first kappa shape index (κ1) is 13.5. The Bertz CT molecular complexity index is 958. The maximum atomic E-state index is 12.2. The number of aromatic amines is 1. The van der Waals surface area contributed by atoms with Crippen molar-refractivity contribution in [3.05, 3.63) is 59.9 Å². The molecule has 0 fully saturated rings. The van der Waals surface area contributed by atoms with Gasteiger partial charge in [-0.15, -0.1) is 10.2 Å². The molecule has 0 saturated heterocycles. The Kier molecular flexibility index (Phi) is 3.31. The number of nitro benzene ring substituents is 1. The molecule has 2 heterocycles. The monoisotopic (exact) mass is 321 g/mol. The fraction of sp³-hybridized carbons (Fsp3) is 0.0909. The summed E-state index contributed by atoms with van der Waals surface area (Å²) in [6, 6.07) is 6.21. The van der Waals surface area contributed by atoms with Crippen LogP contribution in [0.15, 0.2) is 29.1 Å². The average Bonchev–Trinajstić information content (AvgIpc) is 2.84. The maximum absolute atomic E-state index is 12.2. The summed E-state index contributed by atoms with van der Waals surface area (Å²) >= 11 is 6.08. The van der Waals surface area contributed by atoms with Crippen molar-refractivity contribution in [2.75, 3.05) is 0 Å². The predicted octanol–water partition coefficient (Wildman–Crippen LogP) is 1.71. The van der Waals surface area contributed by atoms with E-state index in [9.17, 15) is 14.9 Å². The summed E-state index contributed by atoms with van der Waals surface area (Å²) in [5.41, 5.74) is 0.0566. The Morgan fingerprint density at radius 3 is 2.90 bits per heavy atom. The second-order valence-electron chi connectivity index (χ2n) is 4.13.